The lowest BCUT2D eigenvalue weighted by molar-refractivity contribution is 0.103. The highest BCUT2D eigenvalue weighted by Crippen LogP contribution is 2.28. The fourth-order valence-corrected chi connectivity index (χ4v) is 2.13. The highest BCUT2D eigenvalue weighted by atomic mass is 19.1. The average Bonchev–Trinajstić information content (AvgIpc) is 3.01. The number of carbonyl (C=O) groups excluding carboxylic acids is 1. The van der Waals surface area contributed by atoms with E-state index in [9.17, 15) is 9.18 Å². The average molecular weight is 266 g/mol. The van der Waals surface area contributed by atoms with E-state index in [0.29, 0.717) is 16.9 Å². The highest BCUT2D eigenvalue weighted by Gasteiger charge is 2.19. The second kappa shape index (κ2) is 5.13. The van der Waals surface area contributed by atoms with Gasteiger partial charge in [0.1, 0.15) is 11.6 Å². The SMILES string of the molecule is O=C(c1ccccc1)c1cccc(F)c1-c1ccco1. The lowest BCUT2D eigenvalue weighted by atomic mass is 9.96. The van der Waals surface area contributed by atoms with E-state index in [0.717, 1.165) is 0 Å². The van der Waals surface area contributed by atoms with Crippen LogP contribution in [0, 0.1) is 5.82 Å². The van der Waals surface area contributed by atoms with Crippen molar-refractivity contribution in [2.75, 3.05) is 0 Å². The first-order valence-electron chi connectivity index (χ1n) is 6.19. The Labute approximate surface area is 115 Å². The Kier molecular flexibility index (Phi) is 3.17. The summed E-state index contributed by atoms with van der Waals surface area (Å²) in [5.74, 6) is -0.347. The zero-order chi connectivity index (χ0) is 13.9. The summed E-state index contributed by atoms with van der Waals surface area (Å²) in [6, 6.07) is 16.6. The van der Waals surface area contributed by atoms with E-state index < -0.39 is 5.82 Å². The van der Waals surface area contributed by atoms with Gasteiger partial charge in [0, 0.05) is 11.1 Å². The fraction of sp³-hybridized carbons (Fsp3) is 0. The van der Waals surface area contributed by atoms with Crippen molar-refractivity contribution in [1.29, 1.82) is 0 Å². The highest BCUT2D eigenvalue weighted by molar-refractivity contribution is 6.12. The lowest BCUT2D eigenvalue weighted by Gasteiger charge is -2.07. The van der Waals surface area contributed by atoms with Crippen molar-refractivity contribution in [2.45, 2.75) is 0 Å². The van der Waals surface area contributed by atoms with Gasteiger partial charge in [0.15, 0.2) is 5.78 Å². The topological polar surface area (TPSA) is 30.2 Å². The number of hydrogen-bond acceptors (Lipinski definition) is 2. The minimum atomic E-state index is -0.471. The molecule has 20 heavy (non-hydrogen) atoms. The van der Waals surface area contributed by atoms with Crippen LogP contribution in [0.2, 0.25) is 0 Å². The molecule has 1 aromatic heterocycles. The van der Waals surface area contributed by atoms with Gasteiger partial charge >= 0.3 is 0 Å². The van der Waals surface area contributed by atoms with E-state index in [-0.39, 0.29) is 11.3 Å². The summed E-state index contributed by atoms with van der Waals surface area (Å²) in [6.45, 7) is 0. The van der Waals surface area contributed by atoms with E-state index in [4.69, 9.17) is 4.42 Å². The van der Waals surface area contributed by atoms with Gasteiger partial charge in [-0.15, -0.1) is 0 Å². The molecule has 2 aromatic carbocycles. The molecule has 3 heteroatoms. The molecule has 3 aromatic rings. The van der Waals surface area contributed by atoms with E-state index in [1.54, 1.807) is 42.5 Å². The predicted molar refractivity (Wildman–Crippen MR) is 74.0 cm³/mol. The third kappa shape index (κ3) is 2.14. The second-order valence-electron chi connectivity index (χ2n) is 4.33. The first-order valence-corrected chi connectivity index (χ1v) is 6.19. The molecule has 0 bridgehead atoms. The van der Waals surface area contributed by atoms with Gasteiger partial charge in [0.2, 0.25) is 0 Å². The van der Waals surface area contributed by atoms with Crippen LogP contribution < -0.4 is 0 Å². The van der Waals surface area contributed by atoms with E-state index in [2.05, 4.69) is 0 Å². The lowest BCUT2D eigenvalue weighted by Crippen LogP contribution is -2.04. The number of furan rings is 1. The van der Waals surface area contributed by atoms with Crippen molar-refractivity contribution in [3.8, 4) is 11.3 Å². The van der Waals surface area contributed by atoms with Crippen LogP contribution >= 0.6 is 0 Å². The molecule has 0 amide bonds. The molecular formula is C17H11FO2. The molecule has 0 aliphatic carbocycles. The van der Waals surface area contributed by atoms with Crippen LogP contribution in [0.15, 0.2) is 71.3 Å². The second-order valence-corrected chi connectivity index (χ2v) is 4.33. The molecule has 1 heterocycles. The molecule has 0 N–H and O–H groups in total. The Hall–Kier alpha value is -2.68. The molecular weight excluding hydrogens is 255 g/mol. The maximum Gasteiger partial charge on any atom is 0.193 e. The van der Waals surface area contributed by atoms with Crippen molar-refractivity contribution in [2.24, 2.45) is 0 Å². The van der Waals surface area contributed by atoms with Crippen molar-refractivity contribution in [3.63, 3.8) is 0 Å². The summed E-state index contributed by atoms with van der Waals surface area (Å²) >= 11 is 0. The Morgan fingerprint density at radius 3 is 2.40 bits per heavy atom. The van der Waals surface area contributed by atoms with Gasteiger partial charge in [-0.1, -0.05) is 42.5 Å². The summed E-state index contributed by atoms with van der Waals surface area (Å²) in [6.07, 6.45) is 1.46. The Morgan fingerprint density at radius 1 is 0.900 bits per heavy atom. The van der Waals surface area contributed by atoms with Crippen LogP contribution in [0.1, 0.15) is 15.9 Å². The monoisotopic (exact) mass is 266 g/mol. The fourth-order valence-electron chi connectivity index (χ4n) is 2.13. The van der Waals surface area contributed by atoms with Gasteiger partial charge in [-0.3, -0.25) is 4.79 Å². The molecule has 0 aliphatic rings. The molecule has 98 valence electrons. The van der Waals surface area contributed by atoms with Crippen LogP contribution in [-0.4, -0.2) is 5.78 Å². The summed E-state index contributed by atoms with van der Waals surface area (Å²) in [7, 11) is 0. The first kappa shape index (κ1) is 12.4. The molecule has 0 aliphatic heterocycles. The number of benzene rings is 2. The van der Waals surface area contributed by atoms with Gasteiger partial charge in [0.25, 0.3) is 0 Å². The van der Waals surface area contributed by atoms with Gasteiger partial charge in [0.05, 0.1) is 11.8 Å². The summed E-state index contributed by atoms with van der Waals surface area (Å²) in [5.41, 5.74) is 1.02. The third-order valence-electron chi connectivity index (χ3n) is 3.06. The van der Waals surface area contributed by atoms with Crippen LogP contribution in [0.5, 0.6) is 0 Å². The number of hydrogen-bond donors (Lipinski definition) is 0. The maximum atomic E-state index is 14.1. The molecule has 0 radical (unpaired) electrons. The Morgan fingerprint density at radius 2 is 1.70 bits per heavy atom. The van der Waals surface area contributed by atoms with Gasteiger partial charge in [-0.25, -0.2) is 4.39 Å². The molecule has 0 saturated heterocycles. The summed E-state index contributed by atoms with van der Waals surface area (Å²) in [4.78, 5) is 12.5. The smallest absolute Gasteiger partial charge is 0.193 e. The molecule has 0 fully saturated rings. The molecule has 0 spiro atoms. The van der Waals surface area contributed by atoms with E-state index >= 15 is 0 Å². The van der Waals surface area contributed by atoms with Crippen molar-refractivity contribution in [3.05, 3.63) is 83.9 Å². The van der Waals surface area contributed by atoms with Crippen molar-refractivity contribution < 1.29 is 13.6 Å². The van der Waals surface area contributed by atoms with E-state index in [1.165, 1.54) is 18.4 Å². The number of ketones is 1. The first-order chi connectivity index (χ1) is 9.77. The normalized spacial score (nSPS) is 10.4. The zero-order valence-corrected chi connectivity index (χ0v) is 10.5. The van der Waals surface area contributed by atoms with Crippen LogP contribution in [0.4, 0.5) is 4.39 Å². The number of rotatable bonds is 3. The summed E-state index contributed by atoms with van der Waals surface area (Å²) < 4.78 is 19.3. The van der Waals surface area contributed by atoms with Gasteiger partial charge in [-0.05, 0) is 18.2 Å². The van der Waals surface area contributed by atoms with Crippen LogP contribution in [0.3, 0.4) is 0 Å². The van der Waals surface area contributed by atoms with Gasteiger partial charge in [-0.2, -0.15) is 0 Å². The number of halogens is 1. The minimum absolute atomic E-state index is 0.200. The zero-order valence-electron chi connectivity index (χ0n) is 10.5. The summed E-state index contributed by atoms with van der Waals surface area (Å²) in [5, 5.41) is 0. The number of carbonyl (C=O) groups is 1. The predicted octanol–water partition coefficient (Wildman–Crippen LogP) is 4.32. The maximum absolute atomic E-state index is 14.1. The standard InChI is InChI=1S/C17H11FO2/c18-14-9-4-8-13(16(14)15-10-5-11-20-15)17(19)12-6-2-1-3-7-12/h1-11H. The minimum Gasteiger partial charge on any atom is -0.464 e. The van der Waals surface area contributed by atoms with Crippen molar-refractivity contribution in [1.82, 2.24) is 0 Å². The molecule has 2 nitrogen and oxygen atoms in total. The van der Waals surface area contributed by atoms with E-state index in [1.807, 2.05) is 6.07 Å². The van der Waals surface area contributed by atoms with Crippen LogP contribution in [-0.2, 0) is 0 Å². The molecule has 0 atom stereocenters. The quantitative estimate of drug-likeness (QED) is 0.661. The van der Waals surface area contributed by atoms with Gasteiger partial charge < -0.3 is 4.42 Å². The largest absolute Gasteiger partial charge is 0.464 e. The Bertz CT molecular complexity index is 731. The third-order valence-corrected chi connectivity index (χ3v) is 3.06. The molecule has 0 unspecified atom stereocenters. The molecule has 0 saturated carbocycles. The molecule has 3 rings (SSSR count). The Balaban J connectivity index is 2.16. The van der Waals surface area contributed by atoms with Crippen molar-refractivity contribution >= 4 is 5.78 Å². The van der Waals surface area contributed by atoms with Crippen LogP contribution in [0.25, 0.3) is 11.3 Å².